The van der Waals surface area contributed by atoms with Crippen LogP contribution in [-0.2, 0) is 6.54 Å². The van der Waals surface area contributed by atoms with Crippen LogP contribution >= 0.6 is 11.6 Å². The number of aromatic amines is 1. The first-order valence-electron chi connectivity index (χ1n) is 4.74. The van der Waals surface area contributed by atoms with Gasteiger partial charge in [0.25, 0.3) is 0 Å². The zero-order chi connectivity index (χ0) is 10.7. The molecule has 2 aromatic rings. The molecule has 3 nitrogen and oxygen atoms in total. The molecule has 0 unspecified atom stereocenters. The third-order valence-corrected chi connectivity index (χ3v) is 2.59. The Bertz CT molecular complexity index is 437. The molecule has 0 aliphatic rings. The highest BCUT2D eigenvalue weighted by Crippen LogP contribution is 2.20. The van der Waals surface area contributed by atoms with Crippen LogP contribution in [0.15, 0.2) is 30.6 Å². The van der Waals surface area contributed by atoms with Crippen molar-refractivity contribution in [2.45, 2.75) is 13.5 Å². The van der Waals surface area contributed by atoms with Gasteiger partial charge in [0.05, 0.1) is 6.54 Å². The molecule has 0 atom stereocenters. The number of hydrogen-bond donors (Lipinski definition) is 2. The van der Waals surface area contributed by atoms with Gasteiger partial charge in [-0.05, 0) is 24.6 Å². The number of aryl methyl sites for hydroxylation is 1. The first-order valence-corrected chi connectivity index (χ1v) is 5.12. The summed E-state index contributed by atoms with van der Waals surface area (Å²) in [5.74, 6) is 0.909. The Balaban J connectivity index is 2.02. The molecule has 0 aliphatic heterocycles. The summed E-state index contributed by atoms with van der Waals surface area (Å²) in [5.41, 5.74) is 2.09. The lowest BCUT2D eigenvalue weighted by atomic mass is 10.2. The molecule has 0 bridgehead atoms. The second kappa shape index (κ2) is 4.36. The maximum atomic E-state index is 6.01. The zero-order valence-electron chi connectivity index (χ0n) is 8.42. The molecule has 0 radical (unpaired) electrons. The van der Waals surface area contributed by atoms with Crippen LogP contribution in [0, 0.1) is 6.92 Å². The van der Waals surface area contributed by atoms with Gasteiger partial charge in [-0.3, -0.25) is 0 Å². The molecule has 1 aromatic heterocycles. The fraction of sp³-hybridized carbons (Fsp3) is 0.182. The SMILES string of the molecule is Cc1ccc(NCc2ncc[nH]2)cc1Cl. The lowest BCUT2D eigenvalue weighted by molar-refractivity contribution is 1.000. The zero-order valence-corrected chi connectivity index (χ0v) is 9.17. The predicted octanol–water partition coefficient (Wildman–Crippen LogP) is 2.98. The number of benzene rings is 1. The number of nitrogens with one attached hydrogen (secondary N) is 2. The highest BCUT2D eigenvalue weighted by atomic mass is 35.5. The van der Waals surface area contributed by atoms with Crippen molar-refractivity contribution in [1.29, 1.82) is 0 Å². The molecule has 0 aliphatic carbocycles. The summed E-state index contributed by atoms with van der Waals surface area (Å²) in [7, 11) is 0. The molecule has 4 heteroatoms. The fourth-order valence-corrected chi connectivity index (χ4v) is 1.46. The number of nitrogens with zero attached hydrogens (tertiary/aromatic N) is 1. The molecule has 15 heavy (non-hydrogen) atoms. The quantitative estimate of drug-likeness (QED) is 0.837. The highest BCUT2D eigenvalue weighted by molar-refractivity contribution is 6.31. The Morgan fingerprint density at radius 1 is 1.47 bits per heavy atom. The predicted molar refractivity (Wildman–Crippen MR) is 62.1 cm³/mol. The van der Waals surface area contributed by atoms with Crippen LogP contribution in [0.5, 0.6) is 0 Å². The smallest absolute Gasteiger partial charge is 0.125 e. The van der Waals surface area contributed by atoms with Gasteiger partial charge in [0.1, 0.15) is 5.82 Å². The van der Waals surface area contributed by atoms with Crippen molar-refractivity contribution < 1.29 is 0 Å². The van der Waals surface area contributed by atoms with Gasteiger partial charge in [0, 0.05) is 23.1 Å². The third kappa shape index (κ3) is 2.50. The van der Waals surface area contributed by atoms with Crippen molar-refractivity contribution in [3.05, 3.63) is 47.0 Å². The molecule has 0 saturated carbocycles. The van der Waals surface area contributed by atoms with Crippen LogP contribution in [0.4, 0.5) is 5.69 Å². The molecular formula is C11H12ClN3. The molecule has 0 amide bonds. The van der Waals surface area contributed by atoms with Crippen molar-refractivity contribution in [2.24, 2.45) is 0 Å². The van der Waals surface area contributed by atoms with Crippen LogP contribution in [0.3, 0.4) is 0 Å². The molecule has 0 fully saturated rings. The second-order valence-corrected chi connectivity index (χ2v) is 3.76. The van der Waals surface area contributed by atoms with Crippen molar-refractivity contribution in [3.63, 3.8) is 0 Å². The molecule has 1 heterocycles. The van der Waals surface area contributed by atoms with Crippen molar-refractivity contribution in [2.75, 3.05) is 5.32 Å². The normalized spacial score (nSPS) is 10.3. The number of hydrogen-bond acceptors (Lipinski definition) is 2. The van der Waals surface area contributed by atoms with E-state index in [2.05, 4.69) is 15.3 Å². The van der Waals surface area contributed by atoms with Gasteiger partial charge >= 0.3 is 0 Å². The Hall–Kier alpha value is -1.48. The highest BCUT2D eigenvalue weighted by Gasteiger charge is 1.98. The first-order chi connectivity index (χ1) is 7.25. The van der Waals surface area contributed by atoms with Crippen LogP contribution in [0.1, 0.15) is 11.4 Å². The van der Waals surface area contributed by atoms with Gasteiger partial charge < -0.3 is 10.3 Å². The van der Waals surface area contributed by atoms with Gasteiger partial charge in [-0.1, -0.05) is 17.7 Å². The van der Waals surface area contributed by atoms with E-state index in [4.69, 9.17) is 11.6 Å². The number of H-pyrrole nitrogens is 1. The minimum atomic E-state index is 0.673. The van der Waals surface area contributed by atoms with Crippen molar-refractivity contribution >= 4 is 17.3 Å². The average Bonchev–Trinajstić information content (AvgIpc) is 2.73. The number of aromatic nitrogens is 2. The maximum Gasteiger partial charge on any atom is 0.125 e. The van der Waals surface area contributed by atoms with E-state index < -0.39 is 0 Å². The standard InChI is InChI=1S/C11H12ClN3/c1-8-2-3-9(6-10(8)12)15-7-11-13-4-5-14-11/h2-6,15H,7H2,1H3,(H,13,14). The van der Waals surface area contributed by atoms with E-state index in [1.165, 1.54) is 0 Å². The van der Waals surface area contributed by atoms with Crippen LogP contribution < -0.4 is 5.32 Å². The van der Waals surface area contributed by atoms with E-state index in [0.29, 0.717) is 6.54 Å². The monoisotopic (exact) mass is 221 g/mol. The molecule has 0 spiro atoms. The average molecular weight is 222 g/mol. The van der Waals surface area contributed by atoms with E-state index in [1.807, 2.05) is 25.1 Å². The van der Waals surface area contributed by atoms with Crippen LogP contribution in [-0.4, -0.2) is 9.97 Å². The van der Waals surface area contributed by atoms with Gasteiger partial charge in [-0.25, -0.2) is 4.98 Å². The summed E-state index contributed by atoms with van der Waals surface area (Å²) in [6.07, 6.45) is 3.54. The maximum absolute atomic E-state index is 6.01. The lowest BCUT2D eigenvalue weighted by Crippen LogP contribution is -2.00. The number of anilines is 1. The minimum Gasteiger partial charge on any atom is -0.378 e. The largest absolute Gasteiger partial charge is 0.378 e. The van der Waals surface area contributed by atoms with Gasteiger partial charge in [0.2, 0.25) is 0 Å². The summed E-state index contributed by atoms with van der Waals surface area (Å²) in [4.78, 5) is 7.15. The topological polar surface area (TPSA) is 40.7 Å². The van der Waals surface area contributed by atoms with Crippen molar-refractivity contribution in [3.8, 4) is 0 Å². The molecule has 1 aromatic carbocycles. The van der Waals surface area contributed by atoms with E-state index in [-0.39, 0.29) is 0 Å². The number of halogens is 1. The summed E-state index contributed by atoms with van der Waals surface area (Å²) in [6.45, 7) is 2.66. The Kier molecular flexibility index (Phi) is 2.92. The summed E-state index contributed by atoms with van der Waals surface area (Å²) >= 11 is 6.01. The van der Waals surface area contributed by atoms with Gasteiger partial charge in [0.15, 0.2) is 0 Å². The lowest BCUT2D eigenvalue weighted by Gasteiger charge is -2.06. The fourth-order valence-electron chi connectivity index (χ4n) is 1.28. The summed E-state index contributed by atoms with van der Waals surface area (Å²) in [5, 5.41) is 4.01. The number of rotatable bonds is 3. The van der Waals surface area contributed by atoms with Crippen molar-refractivity contribution in [1.82, 2.24) is 9.97 Å². The van der Waals surface area contributed by atoms with Gasteiger partial charge in [-0.2, -0.15) is 0 Å². The molecular weight excluding hydrogens is 210 g/mol. The molecule has 0 saturated heterocycles. The van der Waals surface area contributed by atoms with E-state index in [0.717, 1.165) is 22.1 Å². The second-order valence-electron chi connectivity index (χ2n) is 3.35. The first kappa shape index (κ1) is 10.1. The summed E-state index contributed by atoms with van der Waals surface area (Å²) in [6, 6.07) is 5.91. The Morgan fingerprint density at radius 2 is 2.33 bits per heavy atom. The van der Waals surface area contributed by atoms with E-state index >= 15 is 0 Å². The molecule has 2 rings (SSSR count). The van der Waals surface area contributed by atoms with Crippen LogP contribution in [0.2, 0.25) is 5.02 Å². The van der Waals surface area contributed by atoms with E-state index in [9.17, 15) is 0 Å². The van der Waals surface area contributed by atoms with Gasteiger partial charge in [-0.15, -0.1) is 0 Å². The van der Waals surface area contributed by atoms with Crippen LogP contribution in [0.25, 0.3) is 0 Å². The number of imidazole rings is 1. The molecule has 2 N–H and O–H groups in total. The Labute approximate surface area is 93.5 Å². The Morgan fingerprint density at radius 3 is 3.00 bits per heavy atom. The molecule has 78 valence electrons. The van der Waals surface area contributed by atoms with E-state index in [1.54, 1.807) is 12.4 Å². The third-order valence-electron chi connectivity index (χ3n) is 2.19. The minimum absolute atomic E-state index is 0.673. The summed E-state index contributed by atoms with van der Waals surface area (Å²) < 4.78 is 0.